The van der Waals surface area contributed by atoms with Gasteiger partial charge in [0.15, 0.2) is 0 Å². The van der Waals surface area contributed by atoms with Crippen LogP contribution in [0.4, 0.5) is 0 Å². The summed E-state index contributed by atoms with van der Waals surface area (Å²) in [7, 11) is 0. The first-order valence-corrected chi connectivity index (χ1v) is 4.63. The molecule has 0 aliphatic carbocycles. The van der Waals surface area contributed by atoms with Crippen LogP contribution in [0.3, 0.4) is 0 Å². The van der Waals surface area contributed by atoms with Crippen LogP contribution < -0.4 is 5.32 Å². The molecule has 0 atom stereocenters. The van der Waals surface area contributed by atoms with Gasteiger partial charge in [-0.05, 0) is 6.42 Å². The van der Waals surface area contributed by atoms with Crippen molar-refractivity contribution in [2.75, 3.05) is 26.3 Å². The van der Waals surface area contributed by atoms with Crippen LogP contribution in [0.5, 0.6) is 0 Å². The van der Waals surface area contributed by atoms with E-state index in [9.17, 15) is 0 Å². The molecular formula is C10H19NO. The Hall–Kier alpha value is -0.520. The minimum atomic E-state index is 0.796. The van der Waals surface area contributed by atoms with Gasteiger partial charge in [0.25, 0.3) is 0 Å². The van der Waals surface area contributed by atoms with Crippen molar-refractivity contribution >= 4 is 0 Å². The molecule has 0 aliphatic heterocycles. The maximum absolute atomic E-state index is 5.34. The van der Waals surface area contributed by atoms with Crippen LogP contribution in [0.25, 0.3) is 0 Å². The highest BCUT2D eigenvalue weighted by molar-refractivity contribution is 4.83. The molecule has 0 aromatic carbocycles. The van der Waals surface area contributed by atoms with Gasteiger partial charge in [0.2, 0.25) is 0 Å². The van der Waals surface area contributed by atoms with E-state index in [2.05, 4.69) is 18.2 Å². The highest BCUT2D eigenvalue weighted by Crippen LogP contribution is 1.86. The lowest BCUT2D eigenvalue weighted by atomic mass is 10.4. The maximum atomic E-state index is 5.34. The number of hydrogen-bond acceptors (Lipinski definition) is 2. The van der Waals surface area contributed by atoms with Crippen molar-refractivity contribution in [2.45, 2.75) is 26.2 Å². The van der Waals surface area contributed by atoms with Crippen LogP contribution in [-0.4, -0.2) is 26.3 Å². The molecule has 2 heteroatoms. The molecule has 1 N–H and O–H groups in total. The maximum Gasteiger partial charge on any atom is 0.0590 e. The summed E-state index contributed by atoms with van der Waals surface area (Å²) in [6, 6.07) is 0. The number of rotatable bonds is 8. The van der Waals surface area contributed by atoms with Gasteiger partial charge in [-0.3, -0.25) is 0 Å². The lowest BCUT2D eigenvalue weighted by Crippen LogP contribution is -2.20. The van der Waals surface area contributed by atoms with Crippen LogP contribution in [0.1, 0.15) is 26.2 Å². The van der Waals surface area contributed by atoms with Crippen molar-refractivity contribution in [2.24, 2.45) is 0 Å². The van der Waals surface area contributed by atoms with E-state index in [1.54, 1.807) is 0 Å². The average Bonchev–Trinajstić information content (AvgIpc) is 2.10. The summed E-state index contributed by atoms with van der Waals surface area (Å²) in [5.74, 6) is 2.58. The molecule has 0 aromatic rings. The zero-order chi connectivity index (χ0) is 9.07. The van der Waals surface area contributed by atoms with Gasteiger partial charge in [-0.25, -0.2) is 0 Å². The monoisotopic (exact) mass is 169 g/mol. The average molecular weight is 169 g/mol. The molecule has 0 spiro atoms. The molecule has 0 aliphatic rings. The summed E-state index contributed by atoms with van der Waals surface area (Å²) in [6.07, 6.45) is 8.24. The molecule has 0 saturated heterocycles. The fourth-order valence-corrected chi connectivity index (χ4v) is 0.778. The standard InChI is InChI=1S/C10H19NO/c1-3-5-7-11-8-10-12-9-6-4-2/h1,11H,4-10H2,2H3. The van der Waals surface area contributed by atoms with Gasteiger partial charge in [0.05, 0.1) is 6.61 Å². The van der Waals surface area contributed by atoms with E-state index in [4.69, 9.17) is 11.2 Å². The summed E-state index contributed by atoms with van der Waals surface area (Å²) in [4.78, 5) is 0. The van der Waals surface area contributed by atoms with Crippen LogP contribution in [0, 0.1) is 12.3 Å². The molecule has 0 fully saturated rings. The first-order valence-electron chi connectivity index (χ1n) is 4.63. The predicted molar refractivity (Wildman–Crippen MR) is 52.0 cm³/mol. The Bertz CT molecular complexity index is 117. The molecule has 0 radical (unpaired) electrons. The summed E-state index contributed by atoms with van der Waals surface area (Å²) in [6.45, 7) is 5.64. The molecule has 0 aromatic heterocycles. The van der Waals surface area contributed by atoms with E-state index in [-0.39, 0.29) is 0 Å². The minimum absolute atomic E-state index is 0.796. The fourth-order valence-electron chi connectivity index (χ4n) is 0.778. The van der Waals surface area contributed by atoms with Gasteiger partial charge >= 0.3 is 0 Å². The van der Waals surface area contributed by atoms with Gasteiger partial charge in [0, 0.05) is 26.1 Å². The molecule has 0 rings (SSSR count). The first-order chi connectivity index (χ1) is 5.91. The third-order valence-corrected chi connectivity index (χ3v) is 1.51. The van der Waals surface area contributed by atoms with Crippen LogP contribution in [0.15, 0.2) is 0 Å². The Morgan fingerprint density at radius 1 is 1.33 bits per heavy atom. The van der Waals surface area contributed by atoms with Crippen molar-refractivity contribution < 1.29 is 4.74 Å². The number of unbranched alkanes of at least 4 members (excludes halogenated alkanes) is 1. The quantitative estimate of drug-likeness (QED) is 0.438. The smallest absolute Gasteiger partial charge is 0.0590 e. The van der Waals surface area contributed by atoms with Gasteiger partial charge in [-0.15, -0.1) is 12.3 Å². The SMILES string of the molecule is C#CCCNCCOCCCC. The summed E-state index contributed by atoms with van der Waals surface area (Å²) in [5.41, 5.74) is 0. The fraction of sp³-hybridized carbons (Fsp3) is 0.800. The molecule has 0 bridgehead atoms. The van der Waals surface area contributed by atoms with E-state index >= 15 is 0 Å². The molecule has 0 saturated carbocycles. The number of hydrogen-bond donors (Lipinski definition) is 1. The highest BCUT2D eigenvalue weighted by atomic mass is 16.5. The summed E-state index contributed by atoms with van der Waals surface area (Å²) in [5, 5.41) is 3.20. The molecule has 70 valence electrons. The van der Waals surface area contributed by atoms with E-state index in [0.717, 1.165) is 39.1 Å². The summed E-state index contributed by atoms with van der Waals surface area (Å²) >= 11 is 0. The van der Waals surface area contributed by atoms with E-state index in [0.29, 0.717) is 0 Å². The predicted octanol–water partition coefficient (Wildman–Crippen LogP) is 1.42. The van der Waals surface area contributed by atoms with E-state index < -0.39 is 0 Å². The van der Waals surface area contributed by atoms with Crippen molar-refractivity contribution in [3.05, 3.63) is 0 Å². The largest absolute Gasteiger partial charge is 0.380 e. The Kier molecular flexibility index (Phi) is 10.0. The molecule has 12 heavy (non-hydrogen) atoms. The Morgan fingerprint density at radius 2 is 2.17 bits per heavy atom. The number of terminal acetylenes is 1. The lowest BCUT2D eigenvalue weighted by molar-refractivity contribution is 0.133. The topological polar surface area (TPSA) is 21.3 Å². The number of ether oxygens (including phenoxy) is 1. The molecular weight excluding hydrogens is 150 g/mol. The zero-order valence-corrected chi connectivity index (χ0v) is 7.94. The van der Waals surface area contributed by atoms with E-state index in [1.165, 1.54) is 6.42 Å². The van der Waals surface area contributed by atoms with Crippen molar-refractivity contribution in [1.29, 1.82) is 0 Å². The lowest BCUT2D eigenvalue weighted by Gasteiger charge is -2.03. The zero-order valence-electron chi connectivity index (χ0n) is 7.94. The van der Waals surface area contributed by atoms with Crippen molar-refractivity contribution in [3.63, 3.8) is 0 Å². The second-order valence-electron chi connectivity index (χ2n) is 2.67. The molecule has 0 heterocycles. The third-order valence-electron chi connectivity index (χ3n) is 1.51. The van der Waals surface area contributed by atoms with Gasteiger partial charge in [-0.2, -0.15) is 0 Å². The minimum Gasteiger partial charge on any atom is -0.380 e. The molecule has 2 nitrogen and oxygen atoms in total. The first kappa shape index (κ1) is 11.5. The van der Waals surface area contributed by atoms with Crippen molar-refractivity contribution in [3.8, 4) is 12.3 Å². The normalized spacial score (nSPS) is 9.67. The second-order valence-corrected chi connectivity index (χ2v) is 2.67. The van der Waals surface area contributed by atoms with Crippen molar-refractivity contribution in [1.82, 2.24) is 5.32 Å². The van der Waals surface area contributed by atoms with Gasteiger partial charge in [-0.1, -0.05) is 13.3 Å². The summed E-state index contributed by atoms with van der Waals surface area (Å²) < 4.78 is 5.34. The Labute approximate surface area is 75.7 Å². The van der Waals surface area contributed by atoms with Crippen LogP contribution >= 0.6 is 0 Å². The third kappa shape index (κ3) is 9.48. The van der Waals surface area contributed by atoms with Gasteiger partial charge in [0.1, 0.15) is 0 Å². The van der Waals surface area contributed by atoms with Crippen LogP contribution in [0.2, 0.25) is 0 Å². The Morgan fingerprint density at radius 3 is 2.83 bits per heavy atom. The Balaban J connectivity index is 2.78. The number of nitrogens with one attached hydrogen (secondary N) is 1. The second kappa shape index (κ2) is 10.5. The van der Waals surface area contributed by atoms with Gasteiger partial charge < -0.3 is 10.1 Å². The molecule has 0 amide bonds. The highest BCUT2D eigenvalue weighted by Gasteiger charge is 1.87. The van der Waals surface area contributed by atoms with Crippen LogP contribution in [-0.2, 0) is 4.74 Å². The molecule has 0 unspecified atom stereocenters. The van der Waals surface area contributed by atoms with E-state index in [1.807, 2.05) is 0 Å².